The minimum absolute atomic E-state index is 0.127. The van der Waals surface area contributed by atoms with E-state index in [1.165, 1.54) is 0 Å². The van der Waals surface area contributed by atoms with Crippen molar-refractivity contribution in [3.05, 3.63) is 39.5 Å². The van der Waals surface area contributed by atoms with Gasteiger partial charge in [-0.25, -0.2) is 4.68 Å². The number of aryl methyl sites for hydroxylation is 3. The van der Waals surface area contributed by atoms with Crippen molar-refractivity contribution in [2.45, 2.75) is 39.7 Å². The lowest BCUT2D eigenvalue weighted by Gasteiger charge is -2.12. The summed E-state index contributed by atoms with van der Waals surface area (Å²) in [6.45, 7) is 6.13. The van der Waals surface area contributed by atoms with E-state index in [-0.39, 0.29) is 6.04 Å². The summed E-state index contributed by atoms with van der Waals surface area (Å²) in [7, 11) is 1.90. The normalized spacial score (nSPS) is 12.5. The predicted octanol–water partition coefficient (Wildman–Crippen LogP) is 3.87. The second kappa shape index (κ2) is 6.62. The van der Waals surface area contributed by atoms with Crippen LogP contribution in [-0.2, 0) is 13.5 Å². The summed E-state index contributed by atoms with van der Waals surface area (Å²) < 4.78 is 8.92. The Morgan fingerprint density at radius 2 is 2.10 bits per heavy atom. The van der Waals surface area contributed by atoms with Gasteiger partial charge in [-0.2, -0.15) is 5.10 Å². The fraction of sp³-hybridized carbons (Fsp3) is 0.438. The van der Waals surface area contributed by atoms with Gasteiger partial charge in [0.15, 0.2) is 0 Å². The molecule has 1 aromatic heterocycles. The average molecular weight is 352 g/mol. The van der Waals surface area contributed by atoms with E-state index in [1.807, 2.05) is 39.1 Å². The molecule has 2 N–H and O–H groups in total. The topological polar surface area (TPSA) is 53.1 Å². The average Bonchev–Trinajstić information content (AvgIpc) is 2.69. The molecule has 4 nitrogen and oxygen atoms in total. The number of halogens is 1. The monoisotopic (exact) mass is 351 g/mol. The highest BCUT2D eigenvalue weighted by molar-refractivity contribution is 9.10. The molecule has 21 heavy (non-hydrogen) atoms. The van der Waals surface area contributed by atoms with Crippen molar-refractivity contribution < 1.29 is 4.74 Å². The van der Waals surface area contributed by atoms with E-state index >= 15 is 0 Å². The van der Waals surface area contributed by atoms with Crippen molar-refractivity contribution >= 4 is 15.9 Å². The molecule has 0 aliphatic carbocycles. The number of rotatable bonds is 5. The van der Waals surface area contributed by atoms with Crippen LogP contribution in [0.15, 0.2) is 22.7 Å². The first kappa shape index (κ1) is 16.0. The number of hydrogen-bond donors (Lipinski definition) is 1. The lowest BCUT2D eigenvalue weighted by atomic mass is 10.1. The van der Waals surface area contributed by atoms with Crippen molar-refractivity contribution in [2.24, 2.45) is 12.8 Å². The van der Waals surface area contributed by atoms with Gasteiger partial charge in [-0.1, -0.05) is 22.9 Å². The molecule has 0 saturated heterocycles. The van der Waals surface area contributed by atoms with Gasteiger partial charge in [0, 0.05) is 23.1 Å². The Morgan fingerprint density at radius 1 is 1.38 bits per heavy atom. The lowest BCUT2D eigenvalue weighted by Crippen LogP contribution is -2.21. The number of ether oxygens (including phenoxy) is 1. The van der Waals surface area contributed by atoms with E-state index in [1.54, 1.807) is 4.68 Å². The molecule has 0 fully saturated rings. The molecule has 0 radical (unpaired) electrons. The van der Waals surface area contributed by atoms with Gasteiger partial charge in [0.05, 0.1) is 5.69 Å². The first-order valence-electron chi connectivity index (χ1n) is 7.14. The van der Waals surface area contributed by atoms with E-state index < -0.39 is 0 Å². The number of hydrogen-bond acceptors (Lipinski definition) is 3. The molecule has 5 heteroatoms. The smallest absolute Gasteiger partial charge is 0.221 e. The SMILES string of the molecule is CCC(N)Cc1c(C)nn(C)c1Oc1ccc(Br)c(C)c1. The molecule has 1 unspecified atom stereocenters. The minimum Gasteiger partial charge on any atom is -0.439 e. The fourth-order valence-electron chi connectivity index (χ4n) is 2.24. The Bertz CT molecular complexity index is 637. The summed E-state index contributed by atoms with van der Waals surface area (Å²) >= 11 is 3.50. The zero-order valence-electron chi connectivity index (χ0n) is 13.0. The third kappa shape index (κ3) is 3.66. The maximum atomic E-state index is 6.09. The molecule has 0 aliphatic heterocycles. The molecular weight excluding hydrogens is 330 g/mol. The third-order valence-corrected chi connectivity index (χ3v) is 4.51. The molecule has 1 aromatic carbocycles. The molecule has 1 atom stereocenters. The fourth-order valence-corrected chi connectivity index (χ4v) is 2.49. The van der Waals surface area contributed by atoms with Crippen LogP contribution in [0.2, 0.25) is 0 Å². The molecule has 0 aliphatic rings. The lowest BCUT2D eigenvalue weighted by molar-refractivity contribution is 0.423. The van der Waals surface area contributed by atoms with Crippen LogP contribution < -0.4 is 10.5 Å². The van der Waals surface area contributed by atoms with Crippen LogP contribution in [0.25, 0.3) is 0 Å². The van der Waals surface area contributed by atoms with E-state index in [0.717, 1.165) is 45.8 Å². The summed E-state index contributed by atoms with van der Waals surface area (Å²) in [5.41, 5.74) is 9.30. The largest absolute Gasteiger partial charge is 0.439 e. The van der Waals surface area contributed by atoms with Gasteiger partial charge in [0.25, 0.3) is 0 Å². The van der Waals surface area contributed by atoms with Crippen LogP contribution in [0, 0.1) is 13.8 Å². The van der Waals surface area contributed by atoms with Crippen molar-refractivity contribution in [3.63, 3.8) is 0 Å². The van der Waals surface area contributed by atoms with Crippen LogP contribution in [0.5, 0.6) is 11.6 Å². The van der Waals surface area contributed by atoms with E-state index in [0.29, 0.717) is 0 Å². The highest BCUT2D eigenvalue weighted by Crippen LogP contribution is 2.30. The molecule has 0 amide bonds. The number of benzene rings is 1. The highest BCUT2D eigenvalue weighted by atomic mass is 79.9. The minimum atomic E-state index is 0.127. The predicted molar refractivity (Wildman–Crippen MR) is 88.9 cm³/mol. The number of aromatic nitrogens is 2. The second-order valence-electron chi connectivity index (χ2n) is 5.38. The van der Waals surface area contributed by atoms with Crippen LogP contribution in [0.1, 0.15) is 30.2 Å². The van der Waals surface area contributed by atoms with Gasteiger partial charge in [-0.3, -0.25) is 0 Å². The van der Waals surface area contributed by atoms with Gasteiger partial charge in [0.2, 0.25) is 5.88 Å². The standard InChI is InChI=1S/C16H22BrN3O/c1-5-12(18)9-14-11(3)19-20(4)16(14)21-13-6-7-15(17)10(2)8-13/h6-8,12H,5,9,18H2,1-4H3. The van der Waals surface area contributed by atoms with Crippen molar-refractivity contribution in [2.75, 3.05) is 0 Å². The van der Waals surface area contributed by atoms with Crippen molar-refractivity contribution in [1.29, 1.82) is 0 Å². The van der Waals surface area contributed by atoms with Crippen LogP contribution in [0.3, 0.4) is 0 Å². The molecule has 0 spiro atoms. The third-order valence-electron chi connectivity index (χ3n) is 3.62. The molecule has 0 bridgehead atoms. The van der Waals surface area contributed by atoms with Gasteiger partial charge in [-0.05, 0) is 50.5 Å². The van der Waals surface area contributed by atoms with Gasteiger partial charge in [0.1, 0.15) is 5.75 Å². The highest BCUT2D eigenvalue weighted by Gasteiger charge is 2.17. The first-order chi connectivity index (χ1) is 9.92. The van der Waals surface area contributed by atoms with Gasteiger partial charge < -0.3 is 10.5 Å². The molecule has 2 aromatic rings. The molecule has 2 rings (SSSR count). The molecule has 114 valence electrons. The van der Waals surface area contributed by atoms with Crippen LogP contribution in [0.4, 0.5) is 0 Å². The Morgan fingerprint density at radius 3 is 2.71 bits per heavy atom. The molecular formula is C16H22BrN3O. The Hall–Kier alpha value is -1.33. The van der Waals surface area contributed by atoms with E-state index in [4.69, 9.17) is 10.5 Å². The summed E-state index contributed by atoms with van der Waals surface area (Å²) in [4.78, 5) is 0. The zero-order chi connectivity index (χ0) is 15.6. The van der Waals surface area contributed by atoms with Crippen molar-refractivity contribution in [3.8, 4) is 11.6 Å². The van der Waals surface area contributed by atoms with Crippen LogP contribution >= 0.6 is 15.9 Å². The number of nitrogens with two attached hydrogens (primary N) is 1. The Kier molecular flexibility index (Phi) is 5.06. The summed E-state index contributed by atoms with van der Waals surface area (Å²) in [5.74, 6) is 1.59. The van der Waals surface area contributed by atoms with E-state index in [2.05, 4.69) is 28.0 Å². The maximum Gasteiger partial charge on any atom is 0.221 e. The van der Waals surface area contributed by atoms with Crippen LogP contribution in [-0.4, -0.2) is 15.8 Å². The molecule has 1 heterocycles. The van der Waals surface area contributed by atoms with Gasteiger partial charge >= 0.3 is 0 Å². The summed E-state index contributed by atoms with van der Waals surface area (Å²) in [6.07, 6.45) is 1.71. The first-order valence-corrected chi connectivity index (χ1v) is 7.93. The summed E-state index contributed by atoms with van der Waals surface area (Å²) in [5, 5.41) is 4.46. The van der Waals surface area contributed by atoms with E-state index in [9.17, 15) is 0 Å². The Labute approximate surface area is 134 Å². The quantitative estimate of drug-likeness (QED) is 0.889. The Balaban J connectivity index is 2.32. The maximum absolute atomic E-state index is 6.09. The second-order valence-corrected chi connectivity index (χ2v) is 6.23. The van der Waals surface area contributed by atoms with Gasteiger partial charge in [-0.15, -0.1) is 0 Å². The molecule has 0 saturated carbocycles. The number of nitrogens with zero attached hydrogens (tertiary/aromatic N) is 2. The van der Waals surface area contributed by atoms with Crippen molar-refractivity contribution in [1.82, 2.24) is 9.78 Å². The summed E-state index contributed by atoms with van der Waals surface area (Å²) in [6, 6.07) is 6.08. The zero-order valence-corrected chi connectivity index (χ0v) is 14.6.